The second-order valence-electron chi connectivity index (χ2n) is 3.54. The van der Waals surface area contributed by atoms with Gasteiger partial charge in [0.25, 0.3) is 11.6 Å². The molecule has 0 heterocycles. The Morgan fingerprint density at radius 2 is 2.22 bits per heavy atom. The third kappa shape index (κ3) is 3.97. The summed E-state index contributed by atoms with van der Waals surface area (Å²) >= 11 is 5.84. The molecule has 0 saturated carbocycles. The van der Waals surface area contributed by atoms with Crippen molar-refractivity contribution in [2.24, 2.45) is 0 Å². The van der Waals surface area contributed by atoms with E-state index >= 15 is 0 Å². The molecule has 1 N–H and O–H groups in total. The van der Waals surface area contributed by atoms with Crippen molar-refractivity contribution in [3.05, 3.63) is 39.9 Å². The van der Waals surface area contributed by atoms with E-state index in [1.165, 1.54) is 25.3 Å². The molecule has 1 amide bonds. The number of alkyl halides is 1. The van der Waals surface area contributed by atoms with Crippen LogP contribution in [-0.4, -0.2) is 36.5 Å². The molecule has 1 unspecified atom stereocenters. The van der Waals surface area contributed by atoms with Gasteiger partial charge in [0.15, 0.2) is 0 Å². The molecule has 6 nitrogen and oxygen atoms in total. The first-order chi connectivity index (χ1) is 8.56. The number of nitro groups is 1. The first-order valence-electron chi connectivity index (χ1n) is 5.21. The molecule has 7 heteroatoms. The quantitative estimate of drug-likeness (QED) is 0.484. The van der Waals surface area contributed by atoms with Gasteiger partial charge >= 0.3 is 0 Å². The Hall–Kier alpha value is -1.66. The first-order valence-corrected chi connectivity index (χ1v) is 5.64. The lowest BCUT2D eigenvalue weighted by Gasteiger charge is -2.09. The molecule has 1 atom stereocenters. The Morgan fingerprint density at radius 3 is 2.83 bits per heavy atom. The van der Waals surface area contributed by atoms with Gasteiger partial charge in [-0.2, -0.15) is 0 Å². The lowest BCUT2D eigenvalue weighted by Crippen LogP contribution is -2.32. The Bertz CT molecular complexity index is 439. The van der Waals surface area contributed by atoms with Gasteiger partial charge in [-0.25, -0.2) is 0 Å². The van der Waals surface area contributed by atoms with Crippen molar-refractivity contribution in [2.45, 2.75) is 5.38 Å². The van der Waals surface area contributed by atoms with E-state index in [1.54, 1.807) is 6.07 Å². The summed E-state index contributed by atoms with van der Waals surface area (Å²) in [6, 6.07) is 5.74. The maximum atomic E-state index is 11.8. The lowest BCUT2D eigenvalue weighted by atomic mass is 10.1. The number of hydrogen-bond donors (Lipinski definition) is 1. The molecule has 1 aromatic carbocycles. The second kappa shape index (κ2) is 6.93. The van der Waals surface area contributed by atoms with E-state index in [-0.39, 0.29) is 23.2 Å². The summed E-state index contributed by atoms with van der Waals surface area (Å²) in [5.74, 6) is -0.524. The van der Waals surface area contributed by atoms with Crippen LogP contribution in [-0.2, 0) is 4.74 Å². The van der Waals surface area contributed by atoms with Crippen LogP contribution in [0.4, 0.5) is 5.69 Å². The lowest BCUT2D eigenvalue weighted by molar-refractivity contribution is -0.385. The molecule has 0 aliphatic rings. The fourth-order valence-electron chi connectivity index (χ4n) is 1.36. The van der Waals surface area contributed by atoms with E-state index in [2.05, 4.69) is 5.32 Å². The maximum Gasteiger partial charge on any atom is 0.282 e. The third-order valence-corrected chi connectivity index (χ3v) is 2.46. The summed E-state index contributed by atoms with van der Waals surface area (Å²) < 4.78 is 4.81. The van der Waals surface area contributed by atoms with Gasteiger partial charge in [0, 0.05) is 19.7 Å². The van der Waals surface area contributed by atoms with Crippen LogP contribution >= 0.6 is 11.6 Å². The fraction of sp³-hybridized carbons (Fsp3) is 0.364. The number of carbonyl (C=O) groups is 1. The van der Waals surface area contributed by atoms with Crippen LogP contribution in [0.1, 0.15) is 10.4 Å². The number of nitro benzene ring substituents is 1. The number of hydrogen-bond acceptors (Lipinski definition) is 4. The van der Waals surface area contributed by atoms with Crippen LogP contribution in [0.15, 0.2) is 24.3 Å². The number of halogens is 1. The molecule has 0 radical (unpaired) electrons. The molecule has 0 fully saturated rings. The van der Waals surface area contributed by atoms with E-state index in [0.29, 0.717) is 6.61 Å². The minimum atomic E-state index is -0.595. The highest BCUT2D eigenvalue weighted by molar-refractivity contribution is 6.21. The highest BCUT2D eigenvalue weighted by Crippen LogP contribution is 2.17. The summed E-state index contributed by atoms with van der Waals surface area (Å²) in [6.45, 7) is 0.471. The maximum absolute atomic E-state index is 11.8. The number of para-hydroxylation sites is 1. The van der Waals surface area contributed by atoms with Crippen LogP contribution in [0.2, 0.25) is 0 Å². The second-order valence-corrected chi connectivity index (χ2v) is 4.15. The molecule has 0 bridgehead atoms. The monoisotopic (exact) mass is 272 g/mol. The van der Waals surface area contributed by atoms with E-state index in [0.717, 1.165) is 0 Å². The molecule has 0 aliphatic carbocycles. The highest BCUT2D eigenvalue weighted by Gasteiger charge is 2.19. The van der Waals surface area contributed by atoms with Crippen molar-refractivity contribution < 1.29 is 14.5 Å². The van der Waals surface area contributed by atoms with Crippen molar-refractivity contribution >= 4 is 23.2 Å². The molecular formula is C11H13ClN2O4. The van der Waals surface area contributed by atoms with Crippen molar-refractivity contribution in [3.63, 3.8) is 0 Å². The van der Waals surface area contributed by atoms with Gasteiger partial charge in [0.1, 0.15) is 5.56 Å². The smallest absolute Gasteiger partial charge is 0.282 e. The number of rotatable bonds is 6. The van der Waals surface area contributed by atoms with E-state index in [1.807, 2.05) is 0 Å². The predicted octanol–water partition coefficient (Wildman–Crippen LogP) is 1.58. The van der Waals surface area contributed by atoms with Crippen molar-refractivity contribution in [1.82, 2.24) is 5.32 Å². The molecule has 0 aromatic heterocycles. The Balaban J connectivity index is 2.70. The summed E-state index contributed by atoms with van der Waals surface area (Å²) in [7, 11) is 1.50. The van der Waals surface area contributed by atoms with Gasteiger partial charge in [-0.3, -0.25) is 14.9 Å². The number of benzene rings is 1. The summed E-state index contributed by atoms with van der Waals surface area (Å²) in [4.78, 5) is 21.9. The summed E-state index contributed by atoms with van der Waals surface area (Å²) in [5.41, 5.74) is -0.211. The van der Waals surface area contributed by atoms with E-state index < -0.39 is 10.8 Å². The first kappa shape index (κ1) is 14.4. The number of ether oxygens (including phenoxy) is 1. The van der Waals surface area contributed by atoms with Gasteiger partial charge in [-0.1, -0.05) is 12.1 Å². The largest absolute Gasteiger partial charge is 0.383 e. The molecule has 98 valence electrons. The zero-order valence-electron chi connectivity index (χ0n) is 9.76. The predicted molar refractivity (Wildman–Crippen MR) is 66.9 cm³/mol. The van der Waals surface area contributed by atoms with Gasteiger partial charge < -0.3 is 10.1 Å². The van der Waals surface area contributed by atoms with E-state index in [4.69, 9.17) is 16.3 Å². The molecule has 0 saturated heterocycles. The number of methoxy groups -OCH3 is 1. The molecule has 1 rings (SSSR count). The molecule has 1 aromatic rings. The van der Waals surface area contributed by atoms with Crippen LogP contribution in [0.3, 0.4) is 0 Å². The minimum absolute atomic E-state index is 0.0174. The van der Waals surface area contributed by atoms with Crippen molar-refractivity contribution in [1.29, 1.82) is 0 Å². The third-order valence-electron chi connectivity index (χ3n) is 2.18. The molecule has 18 heavy (non-hydrogen) atoms. The number of amides is 1. The summed E-state index contributed by atoms with van der Waals surface area (Å²) in [6.07, 6.45) is 0. The standard InChI is InChI=1S/C11H13ClN2O4/c1-18-7-8(12)6-13-11(15)9-4-2-3-5-10(9)14(16)17/h2-5,8H,6-7H2,1H3,(H,13,15). The molecular weight excluding hydrogens is 260 g/mol. The van der Waals surface area contributed by atoms with Crippen LogP contribution in [0.25, 0.3) is 0 Å². The Morgan fingerprint density at radius 1 is 1.56 bits per heavy atom. The number of nitrogens with zero attached hydrogens (tertiary/aromatic N) is 1. The minimum Gasteiger partial charge on any atom is -0.383 e. The van der Waals surface area contributed by atoms with Gasteiger partial charge in [0.05, 0.1) is 16.9 Å². The fourth-order valence-corrected chi connectivity index (χ4v) is 1.57. The SMILES string of the molecule is COCC(Cl)CNC(=O)c1ccccc1[N+](=O)[O-]. The van der Waals surface area contributed by atoms with Crippen molar-refractivity contribution in [2.75, 3.05) is 20.3 Å². The summed E-state index contributed by atoms with van der Waals surface area (Å²) in [5, 5.41) is 12.9. The van der Waals surface area contributed by atoms with Gasteiger partial charge in [-0.15, -0.1) is 11.6 Å². The van der Waals surface area contributed by atoms with Crippen LogP contribution < -0.4 is 5.32 Å². The average molecular weight is 273 g/mol. The Labute approximate surface area is 109 Å². The van der Waals surface area contributed by atoms with Gasteiger partial charge in [0.2, 0.25) is 0 Å². The van der Waals surface area contributed by atoms with Gasteiger partial charge in [-0.05, 0) is 6.07 Å². The number of nitrogens with one attached hydrogen (secondary N) is 1. The zero-order chi connectivity index (χ0) is 13.5. The zero-order valence-corrected chi connectivity index (χ0v) is 10.5. The highest BCUT2D eigenvalue weighted by atomic mass is 35.5. The Kier molecular flexibility index (Phi) is 5.54. The van der Waals surface area contributed by atoms with Crippen LogP contribution in [0, 0.1) is 10.1 Å². The van der Waals surface area contributed by atoms with Crippen molar-refractivity contribution in [3.8, 4) is 0 Å². The van der Waals surface area contributed by atoms with Crippen LogP contribution in [0.5, 0.6) is 0 Å². The number of carbonyl (C=O) groups excluding carboxylic acids is 1. The molecule has 0 spiro atoms. The topological polar surface area (TPSA) is 81.5 Å². The van der Waals surface area contributed by atoms with E-state index in [9.17, 15) is 14.9 Å². The molecule has 0 aliphatic heterocycles. The normalized spacial score (nSPS) is 11.9. The average Bonchev–Trinajstić information content (AvgIpc) is 2.36.